The summed E-state index contributed by atoms with van der Waals surface area (Å²) >= 11 is 6.05. The largest absolute Gasteiger partial charge is 0.507 e. The number of carbonyl (C=O) groups is 4. The van der Waals surface area contributed by atoms with Crippen molar-refractivity contribution in [1.82, 2.24) is 0 Å². The molecule has 0 aromatic heterocycles. The molecule has 0 spiro atoms. The molecule has 6 nitrogen and oxygen atoms in total. The molecule has 0 radical (unpaired) electrons. The van der Waals surface area contributed by atoms with Gasteiger partial charge in [0.15, 0.2) is 11.6 Å². The molecule has 0 bridgehead atoms. The van der Waals surface area contributed by atoms with Crippen molar-refractivity contribution in [2.75, 3.05) is 4.90 Å². The third kappa shape index (κ3) is 3.42. The lowest BCUT2D eigenvalue weighted by molar-refractivity contribution is -0.123. The molecule has 1 saturated heterocycles. The number of fused-ring (bicyclic) bond motifs is 4. The third-order valence-electron chi connectivity index (χ3n) is 8.89. The highest BCUT2D eigenvalue weighted by Crippen LogP contribution is 2.56. The SMILES string of the molecule is CC1=CC(=O)C2=C(C[C@@H]3C(=CC[C@@H]4C(=O)N(c5ccc(Cl)cc5)C(=O)[C@@H]43)[C@@H]2c2ccc(O)c3ccccc23)C1=O. The van der Waals surface area contributed by atoms with E-state index in [0.29, 0.717) is 39.2 Å². The standard InChI is InChI=1S/C33H24ClNO5/c1-16-14-27(37)30-25(31(16)38)15-24-22(28(30)21-12-13-26(36)20-5-3-2-4-19(20)21)10-11-23-29(24)33(40)35(32(23)39)18-8-6-17(34)7-9-18/h2-10,12-14,23-24,28-29,36H,11,15H2,1H3/t23-,24+,28-,29-/m0/s1. The maximum atomic E-state index is 14.0. The first kappa shape index (κ1) is 24.7. The zero-order valence-electron chi connectivity index (χ0n) is 21.6. The van der Waals surface area contributed by atoms with Crippen LogP contribution in [-0.2, 0) is 19.2 Å². The number of phenols is 1. The second-order valence-corrected chi connectivity index (χ2v) is 11.4. The Labute approximate surface area is 235 Å². The zero-order chi connectivity index (χ0) is 27.9. The lowest BCUT2D eigenvalue weighted by atomic mass is 9.59. The van der Waals surface area contributed by atoms with E-state index in [9.17, 15) is 24.3 Å². The van der Waals surface area contributed by atoms with Gasteiger partial charge in [0, 0.05) is 33.0 Å². The molecule has 1 fully saturated rings. The summed E-state index contributed by atoms with van der Waals surface area (Å²) in [5, 5.41) is 12.5. The fourth-order valence-corrected chi connectivity index (χ4v) is 7.27. The van der Waals surface area contributed by atoms with Crippen LogP contribution in [-0.4, -0.2) is 28.5 Å². The third-order valence-corrected chi connectivity index (χ3v) is 9.14. The monoisotopic (exact) mass is 549 g/mol. The predicted molar refractivity (Wildman–Crippen MR) is 151 cm³/mol. The van der Waals surface area contributed by atoms with Crippen molar-refractivity contribution in [3.05, 3.63) is 106 Å². The van der Waals surface area contributed by atoms with Gasteiger partial charge in [-0.1, -0.05) is 53.6 Å². The second kappa shape index (κ2) is 8.86. The van der Waals surface area contributed by atoms with Crippen molar-refractivity contribution in [1.29, 1.82) is 0 Å². The van der Waals surface area contributed by atoms with Gasteiger partial charge >= 0.3 is 0 Å². The number of allylic oxidation sites excluding steroid dienone is 6. The first-order chi connectivity index (χ1) is 19.3. The van der Waals surface area contributed by atoms with E-state index in [-0.39, 0.29) is 35.6 Å². The number of aromatic hydroxyl groups is 1. The number of anilines is 1. The predicted octanol–water partition coefficient (Wildman–Crippen LogP) is 5.83. The minimum Gasteiger partial charge on any atom is -0.507 e. The number of halogens is 1. The van der Waals surface area contributed by atoms with Crippen LogP contribution in [0, 0.1) is 17.8 Å². The number of ketones is 2. The minimum atomic E-state index is -0.655. The molecule has 1 N–H and O–H groups in total. The average molecular weight is 550 g/mol. The Hall–Kier alpha value is -4.29. The maximum absolute atomic E-state index is 14.0. The summed E-state index contributed by atoms with van der Waals surface area (Å²) in [6.07, 6.45) is 3.98. The lowest BCUT2D eigenvalue weighted by Crippen LogP contribution is -2.39. The number of benzene rings is 3. The van der Waals surface area contributed by atoms with Crippen molar-refractivity contribution in [3.8, 4) is 5.75 Å². The molecule has 7 rings (SSSR count). The van der Waals surface area contributed by atoms with Crippen LogP contribution < -0.4 is 4.90 Å². The first-order valence-corrected chi connectivity index (χ1v) is 13.7. The van der Waals surface area contributed by atoms with Gasteiger partial charge in [-0.05, 0) is 73.0 Å². The fraction of sp³-hybridized carbons (Fsp3) is 0.212. The van der Waals surface area contributed by atoms with Crippen LogP contribution in [0.15, 0.2) is 95.1 Å². The normalized spacial score (nSPS) is 26.0. The summed E-state index contributed by atoms with van der Waals surface area (Å²) in [7, 11) is 0. The summed E-state index contributed by atoms with van der Waals surface area (Å²) in [5.74, 6) is -3.06. The van der Waals surface area contributed by atoms with Gasteiger partial charge in [-0.3, -0.25) is 24.1 Å². The van der Waals surface area contributed by atoms with Crippen molar-refractivity contribution < 1.29 is 24.3 Å². The molecule has 4 atom stereocenters. The number of phenolic OH excluding ortho intramolecular Hbond substituents is 1. The van der Waals surface area contributed by atoms with E-state index < -0.39 is 23.7 Å². The van der Waals surface area contributed by atoms with Crippen LogP contribution in [0.25, 0.3) is 10.8 Å². The van der Waals surface area contributed by atoms with Crippen LogP contribution in [0.2, 0.25) is 5.02 Å². The smallest absolute Gasteiger partial charge is 0.238 e. The van der Waals surface area contributed by atoms with Gasteiger partial charge in [0.25, 0.3) is 0 Å². The van der Waals surface area contributed by atoms with Crippen molar-refractivity contribution in [3.63, 3.8) is 0 Å². The first-order valence-electron chi connectivity index (χ1n) is 13.3. The zero-order valence-corrected chi connectivity index (χ0v) is 22.3. The molecule has 1 aliphatic heterocycles. The summed E-state index contributed by atoms with van der Waals surface area (Å²) < 4.78 is 0. The fourth-order valence-electron chi connectivity index (χ4n) is 7.14. The molecule has 4 aliphatic rings. The van der Waals surface area contributed by atoms with Gasteiger partial charge in [0.1, 0.15) is 5.75 Å². The number of rotatable bonds is 2. The number of imide groups is 1. The number of nitrogens with zero attached hydrogens (tertiary/aromatic N) is 1. The highest BCUT2D eigenvalue weighted by Gasteiger charge is 2.56. The molecular formula is C33H24ClNO5. The van der Waals surface area contributed by atoms with Crippen LogP contribution >= 0.6 is 11.6 Å². The molecule has 0 unspecified atom stereocenters. The molecule has 40 heavy (non-hydrogen) atoms. The van der Waals surface area contributed by atoms with Crippen molar-refractivity contribution >= 4 is 51.4 Å². The summed E-state index contributed by atoms with van der Waals surface area (Å²) in [5.41, 5.74) is 3.35. The van der Waals surface area contributed by atoms with Gasteiger partial charge in [-0.15, -0.1) is 0 Å². The molecule has 0 saturated carbocycles. The van der Waals surface area contributed by atoms with Gasteiger partial charge in [-0.2, -0.15) is 0 Å². The van der Waals surface area contributed by atoms with E-state index in [0.717, 1.165) is 16.5 Å². The number of Topliss-reactive ketones (excluding diaryl/α,β-unsaturated/α-hetero) is 1. The number of hydrogen-bond donors (Lipinski definition) is 1. The summed E-state index contributed by atoms with van der Waals surface area (Å²) in [6.45, 7) is 1.64. The van der Waals surface area contributed by atoms with Gasteiger partial charge in [-0.25, -0.2) is 0 Å². The molecule has 7 heteroatoms. The Kier molecular flexibility index (Phi) is 5.48. The van der Waals surface area contributed by atoms with E-state index in [1.807, 2.05) is 30.3 Å². The quantitative estimate of drug-likeness (QED) is 0.246. The van der Waals surface area contributed by atoms with Crippen LogP contribution in [0.5, 0.6) is 5.75 Å². The second-order valence-electron chi connectivity index (χ2n) is 10.9. The highest BCUT2D eigenvalue weighted by atomic mass is 35.5. The van der Waals surface area contributed by atoms with Crippen molar-refractivity contribution in [2.24, 2.45) is 17.8 Å². The molecule has 198 valence electrons. The molecule has 1 heterocycles. The van der Waals surface area contributed by atoms with E-state index in [4.69, 9.17) is 11.6 Å². The average Bonchev–Trinajstić information content (AvgIpc) is 3.21. The number of amides is 2. The van der Waals surface area contributed by atoms with Gasteiger partial charge < -0.3 is 5.11 Å². The Morgan fingerprint density at radius 2 is 1.60 bits per heavy atom. The van der Waals surface area contributed by atoms with E-state index in [2.05, 4.69) is 0 Å². The lowest BCUT2D eigenvalue weighted by Gasteiger charge is -2.42. The minimum absolute atomic E-state index is 0.121. The Bertz CT molecular complexity index is 1780. The van der Waals surface area contributed by atoms with Crippen molar-refractivity contribution in [2.45, 2.75) is 25.7 Å². The van der Waals surface area contributed by atoms with Crippen LogP contribution in [0.3, 0.4) is 0 Å². The Balaban J connectivity index is 1.41. The highest BCUT2D eigenvalue weighted by molar-refractivity contribution is 6.31. The molecule has 2 amide bonds. The topological polar surface area (TPSA) is 91.8 Å². The number of hydrogen-bond acceptors (Lipinski definition) is 5. The Morgan fingerprint density at radius 3 is 2.35 bits per heavy atom. The van der Waals surface area contributed by atoms with Crippen LogP contribution in [0.4, 0.5) is 5.69 Å². The van der Waals surface area contributed by atoms with Gasteiger partial charge in [0.2, 0.25) is 11.8 Å². The number of carbonyl (C=O) groups excluding carboxylic acids is 4. The van der Waals surface area contributed by atoms with Gasteiger partial charge in [0.05, 0.1) is 17.5 Å². The van der Waals surface area contributed by atoms with E-state index in [1.54, 1.807) is 43.3 Å². The van der Waals surface area contributed by atoms with E-state index in [1.165, 1.54) is 11.0 Å². The van der Waals surface area contributed by atoms with Crippen LogP contribution in [0.1, 0.15) is 31.2 Å². The Morgan fingerprint density at radius 1 is 0.875 bits per heavy atom. The molecule has 3 aromatic rings. The molecular weight excluding hydrogens is 526 g/mol. The summed E-state index contributed by atoms with van der Waals surface area (Å²) in [4.78, 5) is 55.9. The maximum Gasteiger partial charge on any atom is 0.238 e. The molecule has 3 aromatic carbocycles. The molecule has 3 aliphatic carbocycles. The van der Waals surface area contributed by atoms with E-state index >= 15 is 0 Å². The summed E-state index contributed by atoms with van der Waals surface area (Å²) in [6, 6.07) is 17.4.